The van der Waals surface area contributed by atoms with Gasteiger partial charge in [0, 0.05) is 16.8 Å². The molecule has 0 saturated heterocycles. The summed E-state index contributed by atoms with van der Waals surface area (Å²) in [5, 5.41) is 3.23. The Bertz CT molecular complexity index is 900. The van der Waals surface area contributed by atoms with Crippen LogP contribution in [-0.4, -0.2) is 31.9 Å². The molecule has 4 rings (SSSR count). The zero-order valence-electron chi connectivity index (χ0n) is 14.2. The van der Waals surface area contributed by atoms with E-state index < -0.39 is 17.8 Å². The van der Waals surface area contributed by atoms with Gasteiger partial charge in [-0.1, -0.05) is 11.6 Å². The lowest BCUT2D eigenvalue weighted by atomic mass is 9.97. The van der Waals surface area contributed by atoms with Gasteiger partial charge in [0.15, 0.2) is 18.1 Å². The fourth-order valence-corrected chi connectivity index (χ4v) is 3.14. The molecule has 2 aliphatic heterocycles. The lowest BCUT2D eigenvalue weighted by Crippen LogP contribution is -2.31. The SMILES string of the molecule is O=C(COC(=O)[C@@H]1COc2ccc(Cl)cc2C1)Nc1ccc2c(c1)OCO2. The summed E-state index contributed by atoms with van der Waals surface area (Å²) in [5.41, 5.74) is 1.38. The number of ether oxygens (including phenoxy) is 4. The van der Waals surface area contributed by atoms with Crippen LogP contribution in [0.4, 0.5) is 5.69 Å². The summed E-state index contributed by atoms with van der Waals surface area (Å²) in [6.45, 7) is -0.0223. The summed E-state index contributed by atoms with van der Waals surface area (Å²) in [5.74, 6) is 0.487. The minimum absolute atomic E-state index is 0.155. The quantitative estimate of drug-likeness (QED) is 0.809. The summed E-state index contributed by atoms with van der Waals surface area (Å²) >= 11 is 5.98. The molecule has 0 aromatic heterocycles. The van der Waals surface area contributed by atoms with Gasteiger partial charge in [-0.2, -0.15) is 0 Å². The number of benzene rings is 2. The van der Waals surface area contributed by atoms with Crippen LogP contribution in [0.2, 0.25) is 5.02 Å². The minimum Gasteiger partial charge on any atom is -0.492 e. The van der Waals surface area contributed by atoms with E-state index in [0.29, 0.717) is 34.4 Å². The van der Waals surface area contributed by atoms with Gasteiger partial charge in [-0.05, 0) is 42.3 Å². The molecule has 1 atom stereocenters. The third-order valence-corrected chi connectivity index (χ3v) is 4.50. The number of amides is 1. The van der Waals surface area contributed by atoms with E-state index in [1.807, 2.05) is 0 Å². The number of halogens is 1. The summed E-state index contributed by atoms with van der Waals surface area (Å²) < 4.78 is 21.2. The van der Waals surface area contributed by atoms with E-state index >= 15 is 0 Å². The van der Waals surface area contributed by atoms with Crippen molar-refractivity contribution >= 4 is 29.2 Å². The van der Waals surface area contributed by atoms with Crippen LogP contribution >= 0.6 is 11.6 Å². The number of fused-ring (bicyclic) bond motifs is 2. The molecule has 0 bridgehead atoms. The Hall–Kier alpha value is -2.93. The zero-order valence-corrected chi connectivity index (χ0v) is 15.0. The van der Waals surface area contributed by atoms with Gasteiger partial charge in [0.05, 0.1) is 5.92 Å². The number of carbonyl (C=O) groups excluding carboxylic acids is 2. The molecule has 1 amide bonds. The highest BCUT2D eigenvalue weighted by Crippen LogP contribution is 2.34. The fraction of sp³-hybridized carbons (Fsp3) is 0.263. The van der Waals surface area contributed by atoms with Gasteiger partial charge in [-0.3, -0.25) is 9.59 Å². The Balaban J connectivity index is 1.29. The monoisotopic (exact) mass is 389 g/mol. The van der Waals surface area contributed by atoms with Crippen molar-refractivity contribution in [3.05, 3.63) is 47.0 Å². The van der Waals surface area contributed by atoms with Crippen molar-refractivity contribution < 1.29 is 28.5 Å². The summed E-state index contributed by atoms with van der Waals surface area (Å²) in [6, 6.07) is 10.3. The first kappa shape index (κ1) is 17.5. The molecule has 1 N–H and O–H groups in total. The van der Waals surface area contributed by atoms with Crippen molar-refractivity contribution in [1.29, 1.82) is 0 Å². The normalized spacial score (nSPS) is 16.9. The number of nitrogens with one attached hydrogen (secondary N) is 1. The van der Waals surface area contributed by atoms with E-state index in [1.54, 1.807) is 36.4 Å². The van der Waals surface area contributed by atoms with Crippen molar-refractivity contribution in [2.45, 2.75) is 6.42 Å². The van der Waals surface area contributed by atoms with Gasteiger partial charge in [0.25, 0.3) is 5.91 Å². The first-order valence-corrected chi connectivity index (χ1v) is 8.73. The van der Waals surface area contributed by atoms with Gasteiger partial charge in [0.2, 0.25) is 6.79 Å². The van der Waals surface area contributed by atoms with Crippen LogP contribution in [0.1, 0.15) is 5.56 Å². The van der Waals surface area contributed by atoms with Crippen LogP contribution in [0.25, 0.3) is 0 Å². The van der Waals surface area contributed by atoms with E-state index in [2.05, 4.69) is 5.32 Å². The van der Waals surface area contributed by atoms with Crippen molar-refractivity contribution in [2.75, 3.05) is 25.3 Å². The number of hydrogen-bond acceptors (Lipinski definition) is 6. The topological polar surface area (TPSA) is 83.1 Å². The maximum Gasteiger partial charge on any atom is 0.313 e. The third-order valence-electron chi connectivity index (χ3n) is 4.26. The molecule has 8 heteroatoms. The predicted molar refractivity (Wildman–Crippen MR) is 96.3 cm³/mol. The highest BCUT2D eigenvalue weighted by molar-refractivity contribution is 6.30. The molecule has 0 aliphatic carbocycles. The molecular weight excluding hydrogens is 374 g/mol. The molecule has 2 aromatic rings. The molecule has 140 valence electrons. The Morgan fingerprint density at radius 1 is 1.07 bits per heavy atom. The standard InChI is InChI=1S/C19H16ClNO6/c20-13-1-3-15-11(6-13)5-12(8-24-15)19(23)25-9-18(22)21-14-2-4-16-17(7-14)27-10-26-16/h1-4,6-7,12H,5,8-10H2,(H,21,22)/t12-/m0/s1. The summed E-state index contributed by atoms with van der Waals surface area (Å²) in [7, 11) is 0. The molecule has 0 radical (unpaired) electrons. The van der Waals surface area contributed by atoms with Crippen molar-refractivity contribution in [1.82, 2.24) is 0 Å². The van der Waals surface area contributed by atoms with Crippen LogP contribution in [0.5, 0.6) is 17.2 Å². The van der Waals surface area contributed by atoms with Crippen LogP contribution in [0.15, 0.2) is 36.4 Å². The first-order chi connectivity index (χ1) is 13.1. The lowest BCUT2D eigenvalue weighted by molar-refractivity contribution is -0.152. The van der Waals surface area contributed by atoms with Crippen LogP contribution in [0, 0.1) is 5.92 Å². The van der Waals surface area contributed by atoms with Crippen LogP contribution < -0.4 is 19.5 Å². The number of esters is 1. The Kier molecular flexibility index (Phi) is 4.77. The highest BCUT2D eigenvalue weighted by atomic mass is 35.5. The van der Waals surface area contributed by atoms with E-state index in [1.165, 1.54) is 0 Å². The highest BCUT2D eigenvalue weighted by Gasteiger charge is 2.28. The Morgan fingerprint density at radius 2 is 1.89 bits per heavy atom. The zero-order chi connectivity index (χ0) is 18.8. The molecule has 0 unspecified atom stereocenters. The maximum absolute atomic E-state index is 12.3. The lowest BCUT2D eigenvalue weighted by Gasteiger charge is -2.24. The predicted octanol–water partition coefficient (Wildman–Crippen LogP) is 2.80. The second kappa shape index (κ2) is 7.36. The van der Waals surface area contributed by atoms with E-state index in [0.717, 1.165) is 5.56 Å². The third kappa shape index (κ3) is 3.93. The van der Waals surface area contributed by atoms with E-state index in [-0.39, 0.29) is 20.0 Å². The number of carbonyl (C=O) groups is 2. The Morgan fingerprint density at radius 3 is 2.78 bits per heavy atom. The molecule has 2 aromatic carbocycles. The largest absolute Gasteiger partial charge is 0.492 e. The second-order valence-corrected chi connectivity index (χ2v) is 6.62. The fourth-order valence-electron chi connectivity index (χ4n) is 2.94. The molecule has 0 saturated carbocycles. The average molecular weight is 390 g/mol. The van der Waals surface area contributed by atoms with Crippen molar-refractivity contribution in [3.8, 4) is 17.2 Å². The first-order valence-electron chi connectivity index (χ1n) is 8.36. The molecule has 7 nitrogen and oxygen atoms in total. The number of hydrogen-bond donors (Lipinski definition) is 1. The van der Waals surface area contributed by atoms with E-state index in [9.17, 15) is 9.59 Å². The van der Waals surface area contributed by atoms with Gasteiger partial charge < -0.3 is 24.3 Å². The van der Waals surface area contributed by atoms with Crippen LogP contribution in [0.3, 0.4) is 0 Å². The number of anilines is 1. The number of rotatable bonds is 4. The molecule has 2 heterocycles. The van der Waals surface area contributed by atoms with E-state index in [4.69, 9.17) is 30.5 Å². The van der Waals surface area contributed by atoms with Crippen molar-refractivity contribution in [2.24, 2.45) is 5.92 Å². The molecule has 0 fully saturated rings. The van der Waals surface area contributed by atoms with Gasteiger partial charge in [0.1, 0.15) is 12.4 Å². The van der Waals surface area contributed by atoms with Crippen LogP contribution in [-0.2, 0) is 20.7 Å². The second-order valence-electron chi connectivity index (χ2n) is 6.19. The van der Waals surface area contributed by atoms with Gasteiger partial charge in [-0.15, -0.1) is 0 Å². The smallest absolute Gasteiger partial charge is 0.313 e. The molecular formula is C19H16ClNO6. The molecule has 27 heavy (non-hydrogen) atoms. The molecule has 2 aliphatic rings. The average Bonchev–Trinajstić information content (AvgIpc) is 3.13. The van der Waals surface area contributed by atoms with Gasteiger partial charge >= 0.3 is 5.97 Å². The summed E-state index contributed by atoms with van der Waals surface area (Å²) in [4.78, 5) is 24.3. The van der Waals surface area contributed by atoms with Gasteiger partial charge in [-0.25, -0.2) is 0 Å². The summed E-state index contributed by atoms with van der Waals surface area (Å²) in [6.07, 6.45) is 0.457. The molecule has 0 spiro atoms. The Labute approximate surface area is 160 Å². The van der Waals surface area contributed by atoms with Crippen molar-refractivity contribution in [3.63, 3.8) is 0 Å². The minimum atomic E-state index is -0.485. The maximum atomic E-state index is 12.3.